The SMILES string of the molecule is O=C(Nc1nonc1C(=Nc1ccc(F)c(Br)c1)NO)N1CCCCC1. The largest absolute Gasteiger partial charge is 0.324 e. The number of aliphatic imine (C=N–C) groups is 1. The van der Waals surface area contributed by atoms with Gasteiger partial charge in [0.25, 0.3) is 0 Å². The number of piperidine rings is 1. The number of anilines is 1. The van der Waals surface area contributed by atoms with Gasteiger partial charge in [0.15, 0.2) is 11.5 Å². The second-order valence-electron chi connectivity index (χ2n) is 5.61. The number of aromatic nitrogens is 2. The molecule has 0 radical (unpaired) electrons. The van der Waals surface area contributed by atoms with Crippen molar-refractivity contribution in [1.29, 1.82) is 0 Å². The van der Waals surface area contributed by atoms with E-state index in [0.717, 1.165) is 19.3 Å². The van der Waals surface area contributed by atoms with Crippen LogP contribution in [0.3, 0.4) is 0 Å². The van der Waals surface area contributed by atoms with Crippen LogP contribution in [0.2, 0.25) is 0 Å². The minimum absolute atomic E-state index is 0.0123. The average molecular weight is 427 g/mol. The Morgan fingerprint density at radius 2 is 2.08 bits per heavy atom. The smallest absolute Gasteiger partial charge is 0.323 e. The molecule has 1 aliphatic heterocycles. The number of hydrogen-bond donors (Lipinski definition) is 3. The molecule has 11 heteroatoms. The molecule has 2 heterocycles. The molecule has 0 spiro atoms. The summed E-state index contributed by atoms with van der Waals surface area (Å²) in [4.78, 5) is 18.1. The number of carbonyl (C=O) groups excluding carboxylic acids is 1. The Kier molecular flexibility index (Phi) is 5.78. The van der Waals surface area contributed by atoms with Crippen LogP contribution in [-0.2, 0) is 0 Å². The van der Waals surface area contributed by atoms with Crippen LogP contribution < -0.4 is 10.8 Å². The highest BCUT2D eigenvalue weighted by molar-refractivity contribution is 9.10. The topological polar surface area (TPSA) is 116 Å². The van der Waals surface area contributed by atoms with E-state index in [1.54, 1.807) is 4.90 Å². The van der Waals surface area contributed by atoms with E-state index < -0.39 is 5.82 Å². The average Bonchev–Trinajstić information content (AvgIpc) is 3.11. The van der Waals surface area contributed by atoms with Crippen molar-refractivity contribution in [2.75, 3.05) is 18.4 Å². The van der Waals surface area contributed by atoms with Gasteiger partial charge in [-0.2, -0.15) is 0 Å². The van der Waals surface area contributed by atoms with Crippen LogP contribution in [0.25, 0.3) is 0 Å². The minimum atomic E-state index is -0.444. The number of nitrogens with zero attached hydrogens (tertiary/aromatic N) is 4. The molecule has 3 rings (SSSR count). The Morgan fingerprint density at radius 1 is 1.31 bits per heavy atom. The second kappa shape index (κ2) is 8.23. The first-order valence-corrected chi connectivity index (χ1v) is 8.70. The summed E-state index contributed by atoms with van der Waals surface area (Å²) >= 11 is 3.06. The van der Waals surface area contributed by atoms with Crippen molar-refractivity contribution >= 4 is 39.3 Å². The lowest BCUT2D eigenvalue weighted by Gasteiger charge is -2.26. The highest BCUT2D eigenvalue weighted by atomic mass is 79.9. The number of hydroxylamine groups is 1. The monoisotopic (exact) mass is 426 g/mol. The van der Waals surface area contributed by atoms with Gasteiger partial charge in [0.2, 0.25) is 5.82 Å². The van der Waals surface area contributed by atoms with Gasteiger partial charge in [-0.1, -0.05) is 0 Å². The van der Waals surface area contributed by atoms with E-state index in [2.05, 4.69) is 41.2 Å². The quantitative estimate of drug-likeness (QED) is 0.394. The van der Waals surface area contributed by atoms with Crippen molar-refractivity contribution < 1.29 is 19.0 Å². The van der Waals surface area contributed by atoms with Crippen LogP contribution in [0.15, 0.2) is 32.3 Å². The molecular formula is C15H16BrFN6O3. The highest BCUT2D eigenvalue weighted by Crippen LogP contribution is 2.23. The number of amidine groups is 1. The number of hydrogen-bond acceptors (Lipinski definition) is 6. The lowest BCUT2D eigenvalue weighted by molar-refractivity contribution is 0.199. The zero-order valence-electron chi connectivity index (χ0n) is 13.6. The first kappa shape index (κ1) is 18.3. The van der Waals surface area contributed by atoms with E-state index in [4.69, 9.17) is 0 Å². The standard InChI is InChI=1S/C15H16BrFN6O3/c16-10-8-9(4-5-11(10)17)18-13(20-25)12-14(22-26-21-12)19-15(24)23-6-2-1-3-7-23/h4-5,8,25H,1-3,6-7H2,(H,18,20)(H,19,22,24). The van der Waals surface area contributed by atoms with Gasteiger partial charge in [0.1, 0.15) is 5.82 Å². The zero-order valence-corrected chi connectivity index (χ0v) is 15.2. The highest BCUT2D eigenvalue weighted by Gasteiger charge is 2.22. The number of nitrogens with one attached hydrogen (secondary N) is 2. The van der Waals surface area contributed by atoms with E-state index >= 15 is 0 Å². The minimum Gasteiger partial charge on any atom is -0.324 e. The fraction of sp³-hybridized carbons (Fsp3) is 0.333. The van der Waals surface area contributed by atoms with Crippen molar-refractivity contribution in [1.82, 2.24) is 20.7 Å². The summed E-state index contributed by atoms with van der Waals surface area (Å²) in [6.45, 7) is 1.32. The van der Waals surface area contributed by atoms with Crippen molar-refractivity contribution in [3.05, 3.63) is 34.2 Å². The Morgan fingerprint density at radius 3 is 2.77 bits per heavy atom. The van der Waals surface area contributed by atoms with E-state index in [-0.39, 0.29) is 27.9 Å². The van der Waals surface area contributed by atoms with Gasteiger partial charge in [-0.3, -0.25) is 16.0 Å². The molecule has 9 nitrogen and oxygen atoms in total. The molecular weight excluding hydrogens is 411 g/mol. The first-order chi connectivity index (χ1) is 12.6. The van der Waals surface area contributed by atoms with Crippen LogP contribution in [0.1, 0.15) is 25.0 Å². The van der Waals surface area contributed by atoms with Crippen molar-refractivity contribution in [3.63, 3.8) is 0 Å². The molecule has 0 bridgehead atoms. The molecule has 138 valence electrons. The maximum Gasteiger partial charge on any atom is 0.323 e. The number of rotatable bonds is 3. The molecule has 0 aliphatic carbocycles. The molecule has 26 heavy (non-hydrogen) atoms. The van der Waals surface area contributed by atoms with Gasteiger partial charge >= 0.3 is 6.03 Å². The number of amides is 2. The molecule has 2 amide bonds. The number of carbonyl (C=O) groups is 1. The van der Waals surface area contributed by atoms with Gasteiger partial charge < -0.3 is 4.90 Å². The van der Waals surface area contributed by atoms with Gasteiger partial charge in [-0.25, -0.2) is 18.8 Å². The summed E-state index contributed by atoms with van der Waals surface area (Å²) in [7, 11) is 0. The van der Waals surface area contributed by atoms with E-state index in [1.165, 1.54) is 18.2 Å². The number of halogens is 2. The summed E-state index contributed by atoms with van der Waals surface area (Å²) in [6, 6.07) is 3.73. The molecule has 1 aromatic carbocycles. The van der Waals surface area contributed by atoms with E-state index in [0.29, 0.717) is 18.8 Å². The maximum absolute atomic E-state index is 13.3. The summed E-state index contributed by atoms with van der Waals surface area (Å²) < 4.78 is 18.2. The summed E-state index contributed by atoms with van der Waals surface area (Å²) in [6.07, 6.45) is 2.99. The number of urea groups is 1. The normalized spacial score (nSPS) is 15.0. The van der Waals surface area contributed by atoms with Crippen molar-refractivity contribution in [3.8, 4) is 0 Å². The van der Waals surface area contributed by atoms with E-state index in [1.807, 2.05) is 5.48 Å². The molecule has 1 aliphatic rings. The molecule has 1 saturated heterocycles. The zero-order chi connectivity index (χ0) is 18.5. The summed E-state index contributed by atoms with van der Waals surface area (Å²) in [5, 5.41) is 19.3. The molecule has 0 atom stereocenters. The third kappa shape index (κ3) is 4.17. The van der Waals surface area contributed by atoms with Crippen LogP contribution in [-0.4, -0.2) is 45.4 Å². The molecule has 1 fully saturated rings. The number of benzene rings is 1. The number of likely N-dealkylation sites (tertiary alicyclic amines) is 1. The molecule has 2 aromatic rings. The summed E-state index contributed by atoms with van der Waals surface area (Å²) in [5.74, 6) is -0.541. The molecule has 1 aromatic heterocycles. The third-order valence-electron chi connectivity index (χ3n) is 3.83. The Balaban J connectivity index is 1.81. The lowest BCUT2D eigenvalue weighted by atomic mass is 10.1. The maximum atomic E-state index is 13.3. The predicted octanol–water partition coefficient (Wildman–Crippen LogP) is 3.05. The lowest BCUT2D eigenvalue weighted by Crippen LogP contribution is -2.39. The molecule has 0 saturated carbocycles. The predicted molar refractivity (Wildman–Crippen MR) is 94.0 cm³/mol. The Hall–Kier alpha value is -2.53. The Labute approximate surface area is 156 Å². The van der Waals surface area contributed by atoms with Crippen LogP contribution >= 0.6 is 15.9 Å². The van der Waals surface area contributed by atoms with Gasteiger partial charge in [-0.15, -0.1) is 0 Å². The van der Waals surface area contributed by atoms with Gasteiger partial charge in [-0.05, 0) is 63.7 Å². The van der Waals surface area contributed by atoms with Crippen LogP contribution in [0.5, 0.6) is 0 Å². The van der Waals surface area contributed by atoms with Gasteiger partial charge in [0.05, 0.1) is 10.2 Å². The fourth-order valence-electron chi connectivity index (χ4n) is 2.52. The van der Waals surface area contributed by atoms with Crippen molar-refractivity contribution in [2.45, 2.75) is 19.3 Å². The van der Waals surface area contributed by atoms with E-state index in [9.17, 15) is 14.4 Å². The first-order valence-electron chi connectivity index (χ1n) is 7.91. The Bertz CT molecular complexity index is 821. The molecule has 0 unspecified atom stereocenters. The van der Waals surface area contributed by atoms with Crippen LogP contribution in [0.4, 0.5) is 20.7 Å². The third-order valence-corrected chi connectivity index (χ3v) is 4.44. The molecule has 3 N–H and O–H groups in total. The van der Waals surface area contributed by atoms with Crippen molar-refractivity contribution in [2.24, 2.45) is 4.99 Å². The summed E-state index contributed by atoms with van der Waals surface area (Å²) in [5.41, 5.74) is 2.25. The van der Waals surface area contributed by atoms with Gasteiger partial charge in [0, 0.05) is 13.1 Å². The van der Waals surface area contributed by atoms with Crippen LogP contribution in [0, 0.1) is 5.82 Å². The fourth-order valence-corrected chi connectivity index (χ4v) is 2.88. The second-order valence-corrected chi connectivity index (χ2v) is 6.46.